The number of aromatic nitrogens is 2. The fourth-order valence-corrected chi connectivity index (χ4v) is 3.94. The molecule has 1 fully saturated rings. The molecule has 0 aliphatic carbocycles. The Kier molecular flexibility index (Phi) is 3.42. The Morgan fingerprint density at radius 1 is 1.00 bits per heavy atom. The van der Waals surface area contributed by atoms with Crippen molar-refractivity contribution in [1.82, 2.24) is 9.97 Å². The Balaban J connectivity index is 1.50. The van der Waals surface area contributed by atoms with Gasteiger partial charge in [0.05, 0.1) is 10.2 Å². The second-order valence-corrected chi connectivity index (χ2v) is 6.64. The fraction of sp³-hybridized carbons (Fsp3) is 0.294. The molecular formula is C17H18N4S. The second-order valence-electron chi connectivity index (χ2n) is 5.63. The Morgan fingerprint density at radius 3 is 2.59 bits per heavy atom. The third-order valence-electron chi connectivity index (χ3n) is 4.06. The normalized spacial score (nSPS) is 15.5. The SMILES string of the molecule is Cc1ccc2nc(N3CCN(c4ccccn4)CC3)sc2c1. The third-order valence-corrected chi connectivity index (χ3v) is 5.14. The first-order valence-corrected chi connectivity index (χ1v) is 8.39. The van der Waals surface area contributed by atoms with E-state index < -0.39 is 0 Å². The van der Waals surface area contributed by atoms with E-state index in [2.05, 4.69) is 46.0 Å². The van der Waals surface area contributed by atoms with Crippen molar-refractivity contribution in [3.8, 4) is 0 Å². The van der Waals surface area contributed by atoms with Crippen LogP contribution in [0.15, 0.2) is 42.6 Å². The van der Waals surface area contributed by atoms with Crippen molar-refractivity contribution in [3.63, 3.8) is 0 Å². The van der Waals surface area contributed by atoms with Crippen LogP contribution in [0.1, 0.15) is 5.56 Å². The third kappa shape index (κ3) is 2.52. The largest absolute Gasteiger partial charge is 0.353 e. The minimum Gasteiger partial charge on any atom is -0.353 e. The van der Waals surface area contributed by atoms with Gasteiger partial charge in [-0.05, 0) is 36.8 Å². The summed E-state index contributed by atoms with van der Waals surface area (Å²) in [5.74, 6) is 1.07. The quantitative estimate of drug-likeness (QED) is 0.727. The number of piperazine rings is 1. The van der Waals surface area contributed by atoms with Crippen LogP contribution < -0.4 is 9.80 Å². The number of nitrogens with zero attached hydrogens (tertiary/aromatic N) is 4. The van der Waals surface area contributed by atoms with Crippen LogP contribution in [0.3, 0.4) is 0 Å². The highest BCUT2D eigenvalue weighted by Crippen LogP contribution is 2.30. The Hall–Kier alpha value is -2.14. The molecule has 3 heterocycles. The highest BCUT2D eigenvalue weighted by Gasteiger charge is 2.20. The van der Waals surface area contributed by atoms with Gasteiger partial charge in [-0.25, -0.2) is 9.97 Å². The fourth-order valence-electron chi connectivity index (χ4n) is 2.82. The number of thiazole rings is 1. The molecule has 112 valence electrons. The van der Waals surface area contributed by atoms with Gasteiger partial charge in [-0.3, -0.25) is 0 Å². The van der Waals surface area contributed by atoms with Gasteiger partial charge < -0.3 is 9.80 Å². The molecule has 1 aliphatic heterocycles. The van der Waals surface area contributed by atoms with Crippen molar-refractivity contribution in [1.29, 1.82) is 0 Å². The maximum Gasteiger partial charge on any atom is 0.186 e. The minimum atomic E-state index is 0.992. The van der Waals surface area contributed by atoms with Crippen LogP contribution in [-0.4, -0.2) is 36.1 Å². The highest BCUT2D eigenvalue weighted by molar-refractivity contribution is 7.22. The van der Waals surface area contributed by atoms with Gasteiger partial charge in [-0.15, -0.1) is 0 Å². The van der Waals surface area contributed by atoms with Gasteiger partial charge >= 0.3 is 0 Å². The number of anilines is 2. The lowest BCUT2D eigenvalue weighted by molar-refractivity contribution is 0.646. The topological polar surface area (TPSA) is 32.3 Å². The molecule has 0 spiro atoms. The van der Waals surface area contributed by atoms with Gasteiger partial charge in [0.15, 0.2) is 5.13 Å². The van der Waals surface area contributed by atoms with E-state index in [0.717, 1.165) is 42.6 Å². The van der Waals surface area contributed by atoms with E-state index in [-0.39, 0.29) is 0 Å². The van der Waals surface area contributed by atoms with E-state index in [0.29, 0.717) is 0 Å². The summed E-state index contributed by atoms with van der Waals surface area (Å²) in [5, 5.41) is 1.14. The standard InChI is InChI=1S/C17H18N4S/c1-13-5-6-14-15(12-13)22-17(19-14)21-10-8-20(9-11-21)16-4-2-3-7-18-16/h2-7,12H,8-11H2,1H3. The molecule has 2 aromatic heterocycles. The minimum absolute atomic E-state index is 0.992. The lowest BCUT2D eigenvalue weighted by Crippen LogP contribution is -2.46. The van der Waals surface area contributed by atoms with Crippen LogP contribution in [0, 0.1) is 6.92 Å². The molecule has 22 heavy (non-hydrogen) atoms. The summed E-state index contributed by atoms with van der Waals surface area (Å²) >= 11 is 1.80. The number of fused-ring (bicyclic) bond motifs is 1. The maximum absolute atomic E-state index is 4.79. The van der Waals surface area contributed by atoms with Gasteiger partial charge in [0.2, 0.25) is 0 Å². The van der Waals surface area contributed by atoms with Crippen LogP contribution in [0.2, 0.25) is 0 Å². The number of rotatable bonds is 2. The molecule has 1 aromatic carbocycles. The molecule has 0 unspecified atom stereocenters. The monoisotopic (exact) mass is 310 g/mol. The number of hydrogen-bond donors (Lipinski definition) is 0. The summed E-state index contributed by atoms with van der Waals surface area (Å²) in [6.07, 6.45) is 1.86. The summed E-state index contributed by atoms with van der Waals surface area (Å²) in [6, 6.07) is 12.6. The molecule has 5 heteroatoms. The van der Waals surface area contributed by atoms with E-state index in [9.17, 15) is 0 Å². The summed E-state index contributed by atoms with van der Waals surface area (Å²) in [4.78, 5) is 14.0. The molecule has 4 nitrogen and oxygen atoms in total. The molecule has 0 N–H and O–H groups in total. The lowest BCUT2D eigenvalue weighted by Gasteiger charge is -2.35. The van der Waals surface area contributed by atoms with Crippen LogP contribution in [0.5, 0.6) is 0 Å². The Labute approximate surface area is 134 Å². The van der Waals surface area contributed by atoms with E-state index in [4.69, 9.17) is 4.98 Å². The van der Waals surface area contributed by atoms with Crippen LogP contribution in [-0.2, 0) is 0 Å². The Morgan fingerprint density at radius 2 is 1.82 bits per heavy atom. The number of pyridine rings is 1. The smallest absolute Gasteiger partial charge is 0.186 e. The summed E-state index contributed by atoms with van der Waals surface area (Å²) < 4.78 is 1.28. The molecule has 0 saturated carbocycles. The first-order chi connectivity index (χ1) is 10.8. The molecule has 3 aromatic rings. The van der Waals surface area contributed by atoms with Gasteiger partial charge in [0, 0.05) is 32.4 Å². The molecule has 0 amide bonds. The molecule has 0 radical (unpaired) electrons. The predicted octanol–water partition coefficient (Wildman–Crippen LogP) is 3.33. The van der Waals surface area contributed by atoms with Gasteiger partial charge in [0.1, 0.15) is 5.82 Å². The zero-order chi connectivity index (χ0) is 14.9. The van der Waals surface area contributed by atoms with Crippen molar-refractivity contribution < 1.29 is 0 Å². The van der Waals surface area contributed by atoms with Gasteiger partial charge in [0.25, 0.3) is 0 Å². The van der Waals surface area contributed by atoms with Crippen LogP contribution >= 0.6 is 11.3 Å². The van der Waals surface area contributed by atoms with Crippen LogP contribution in [0.25, 0.3) is 10.2 Å². The van der Waals surface area contributed by atoms with Crippen LogP contribution in [0.4, 0.5) is 10.9 Å². The molecular weight excluding hydrogens is 292 g/mol. The van der Waals surface area contributed by atoms with Crippen molar-refractivity contribution in [2.45, 2.75) is 6.92 Å². The number of aryl methyl sites for hydroxylation is 1. The van der Waals surface area contributed by atoms with E-state index >= 15 is 0 Å². The lowest BCUT2D eigenvalue weighted by atomic mass is 10.2. The molecule has 4 rings (SSSR count). The number of hydrogen-bond acceptors (Lipinski definition) is 5. The van der Waals surface area contributed by atoms with E-state index in [1.807, 2.05) is 18.3 Å². The zero-order valence-electron chi connectivity index (χ0n) is 12.6. The predicted molar refractivity (Wildman–Crippen MR) is 93.0 cm³/mol. The summed E-state index contributed by atoms with van der Waals surface area (Å²) in [7, 11) is 0. The molecule has 0 bridgehead atoms. The maximum atomic E-state index is 4.79. The van der Waals surface area contributed by atoms with Crippen molar-refractivity contribution in [2.24, 2.45) is 0 Å². The first-order valence-electron chi connectivity index (χ1n) is 7.58. The van der Waals surface area contributed by atoms with Gasteiger partial charge in [-0.2, -0.15) is 0 Å². The molecule has 0 atom stereocenters. The first kappa shape index (κ1) is 13.5. The van der Waals surface area contributed by atoms with E-state index in [1.54, 1.807) is 11.3 Å². The van der Waals surface area contributed by atoms with Crippen molar-refractivity contribution in [2.75, 3.05) is 36.0 Å². The zero-order valence-corrected chi connectivity index (χ0v) is 13.4. The second kappa shape index (κ2) is 5.57. The molecule has 1 aliphatic rings. The van der Waals surface area contributed by atoms with Crippen molar-refractivity contribution >= 4 is 32.5 Å². The average molecular weight is 310 g/mol. The average Bonchev–Trinajstić information content (AvgIpc) is 2.99. The summed E-state index contributed by atoms with van der Waals surface area (Å²) in [6.45, 7) is 6.10. The van der Waals surface area contributed by atoms with Crippen molar-refractivity contribution in [3.05, 3.63) is 48.2 Å². The Bertz CT molecular complexity index is 776. The highest BCUT2D eigenvalue weighted by atomic mass is 32.1. The molecule has 1 saturated heterocycles. The van der Waals surface area contributed by atoms with E-state index in [1.165, 1.54) is 10.3 Å². The number of benzene rings is 1. The van der Waals surface area contributed by atoms with Gasteiger partial charge in [-0.1, -0.05) is 23.5 Å². The summed E-state index contributed by atoms with van der Waals surface area (Å²) in [5.41, 5.74) is 2.40.